The van der Waals surface area contributed by atoms with Crippen LogP contribution < -0.4 is 10.2 Å². The molecule has 0 aliphatic carbocycles. The number of hydrogen-bond acceptors (Lipinski definition) is 1. The zero-order valence-corrected chi connectivity index (χ0v) is 15.0. The highest BCUT2D eigenvalue weighted by molar-refractivity contribution is 5.92. The number of benzene rings is 2. The van der Waals surface area contributed by atoms with Crippen LogP contribution in [0.1, 0.15) is 30.9 Å². The van der Waals surface area contributed by atoms with Gasteiger partial charge in [0.2, 0.25) is 5.91 Å². The molecule has 2 rings (SSSR count). The summed E-state index contributed by atoms with van der Waals surface area (Å²) < 4.78 is 0. The SMILES string of the molecule is CCCC(C(=O)NCC[NH+](C)C)(c1ccccc1)c1ccccc1. The first-order chi connectivity index (χ1) is 11.6. The predicted octanol–water partition coefficient (Wildman–Crippen LogP) is 2.03. The van der Waals surface area contributed by atoms with Gasteiger partial charge in [-0.1, -0.05) is 74.0 Å². The Bertz CT molecular complexity index is 583. The third-order valence-electron chi connectivity index (χ3n) is 4.46. The largest absolute Gasteiger partial charge is 0.349 e. The van der Waals surface area contributed by atoms with E-state index in [1.54, 1.807) is 0 Å². The van der Waals surface area contributed by atoms with Gasteiger partial charge in [-0.2, -0.15) is 0 Å². The van der Waals surface area contributed by atoms with Crippen molar-refractivity contribution in [2.75, 3.05) is 27.2 Å². The molecule has 128 valence electrons. The molecule has 0 aromatic heterocycles. The monoisotopic (exact) mass is 325 g/mol. The van der Waals surface area contributed by atoms with Crippen molar-refractivity contribution in [3.05, 3.63) is 71.8 Å². The number of carbonyl (C=O) groups is 1. The Hall–Kier alpha value is -2.13. The lowest BCUT2D eigenvalue weighted by Gasteiger charge is -2.33. The van der Waals surface area contributed by atoms with Gasteiger partial charge in [-0.3, -0.25) is 4.79 Å². The van der Waals surface area contributed by atoms with E-state index in [0.29, 0.717) is 6.54 Å². The number of carbonyl (C=O) groups excluding carboxylic acids is 1. The van der Waals surface area contributed by atoms with E-state index in [2.05, 4.69) is 50.6 Å². The molecule has 0 bridgehead atoms. The van der Waals surface area contributed by atoms with Crippen molar-refractivity contribution in [2.45, 2.75) is 25.2 Å². The zero-order valence-electron chi connectivity index (χ0n) is 15.0. The van der Waals surface area contributed by atoms with Crippen molar-refractivity contribution in [2.24, 2.45) is 0 Å². The van der Waals surface area contributed by atoms with Gasteiger partial charge in [0.25, 0.3) is 0 Å². The molecular formula is C21H29N2O+. The van der Waals surface area contributed by atoms with Crippen molar-refractivity contribution < 1.29 is 9.69 Å². The highest BCUT2D eigenvalue weighted by Gasteiger charge is 2.40. The van der Waals surface area contributed by atoms with Crippen LogP contribution in [0.15, 0.2) is 60.7 Å². The van der Waals surface area contributed by atoms with Crippen LogP contribution >= 0.6 is 0 Å². The Kier molecular flexibility index (Phi) is 6.56. The number of likely N-dealkylation sites (N-methyl/N-ethyl adjacent to an activating group) is 1. The van der Waals surface area contributed by atoms with Gasteiger partial charge < -0.3 is 10.2 Å². The first kappa shape index (κ1) is 18.2. The average molecular weight is 325 g/mol. The fourth-order valence-electron chi connectivity index (χ4n) is 3.23. The van der Waals surface area contributed by atoms with E-state index in [0.717, 1.165) is 30.5 Å². The van der Waals surface area contributed by atoms with Gasteiger partial charge in [-0.05, 0) is 17.5 Å². The minimum Gasteiger partial charge on any atom is -0.349 e. The molecule has 1 amide bonds. The molecule has 0 spiro atoms. The minimum atomic E-state index is -0.626. The van der Waals surface area contributed by atoms with E-state index in [9.17, 15) is 4.79 Å². The molecule has 0 atom stereocenters. The summed E-state index contributed by atoms with van der Waals surface area (Å²) in [4.78, 5) is 14.6. The Morgan fingerprint density at radius 2 is 1.46 bits per heavy atom. The normalized spacial score (nSPS) is 11.5. The molecule has 0 unspecified atom stereocenters. The molecule has 0 saturated carbocycles. The highest BCUT2D eigenvalue weighted by atomic mass is 16.2. The average Bonchev–Trinajstić information content (AvgIpc) is 2.60. The molecule has 2 aromatic carbocycles. The second kappa shape index (κ2) is 8.65. The number of amides is 1. The number of nitrogens with one attached hydrogen (secondary N) is 2. The van der Waals surface area contributed by atoms with Crippen LogP contribution in [0.5, 0.6) is 0 Å². The first-order valence-electron chi connectivity index (χ1n) is 8.79. The summed E-state index contributed by atoms with van der Waals surface area (Å²) in [5.74, 6) is 0.100. The Balaban J connectivity index is 2.44. The molecule has 2 aromatic rings. The molecule has 0 radical (unpaired) electrons. The van der Waals surface area contributed by atoms with Crippen LogP contribution in [0.4, 0.5) is 0 Å². The summed E-state index contributed by atoms with van der Waals surface area (Å²) in [6, 6.07) is 20.3. The van der Waals surface area contributed by atoms with Gasteiger partial charge in [0.15, 0.2) is 0 Å². The summed E-state index contributed by atoms with van der Waals surface area (Å²) >= 11 is 0. The fourth-order valence-corrected chi connectivity index (χ4v) is 3.23. The maximum absolute atomic E-state index is 13.3. The lowest BCUT2D eigenvalue weighted by Crippen LogP contribution is -3.06. The van der Waals surface area contributed by atoms with E-state index in [-0.39, 0.29) is 5.91 Å². The second-order valence-electron chi connectivity index (χ2n) is 6.60. The molecule has 2 N–H and O–H groups in total. The van der Waals surface area contributed by atoms with E-state index < -0.39 is 5.41 Å². The minimum absolute atomic E-state index is 0.100. The van der Waals surface area contributed by atoms with Crippen LogP contribution in [0.2, 0.25) is 0 Å². The molecule has 3 heteroatoms. The molecule has 0 aliphatic rings. The van der Waals surface area contributed by atoms with E-state index >= 15 is 0 Å². The van der Waals surface area contributed by atoms with E-state index in [4.69, 9.17) is 0 Å². The maximum Gasteiger partial charge on any atom is 0.235 e. The number of quaternary nitrogens is 1. The maximum atomic E-state index is 13.3. The van der Waals surface area contributed by atoms with Crippen LogP contribution in [-0.4, -0.2) is 33.1 Å². The third kappa shape index (κ3) is 4.04. The lowest BCUT2D eigenvalue weighted by atomic mass is 9.70. The Morgan fingerprint density at radius 3 is 1.88 bits per heavy atom. The quantitative estimate of drug-likeness (QED) is 0.765. The highest BCUT2D eigenvalue weighted by Crippen LogP contribution is 2.37. The molecule has 3 nitrogen and oxygen atoms in total. The van der Waals surface area contributed by atoms with Gasteiger partial charge >= 0.3 is 0 Å². The van der Waals surface area contributed by atoms with Crippen LogP contribution in [0.25, 0.3) is 0 Å². The number of rotatable bonds is 8. The topological polar surface area (TPSA) is 33.5 Å². The molecule has 24 heavy (non-hydrogen) atoms. The molecule has 0 fully saturated rings. The molecule has 0 saturated heterocycles. The van der Waals surface area contributed by atoms with Crippen molar-refractivity contribution in [1.29, 1.82) is 0 Å². The van der Waals surface area contributed by atoms with E-state index in [1.165, 1.54) is 4.90 Å². The van der Waals surface area contributed by atoms with Crippen molar-refractivity contribution in [3.63, 3.8) is 0 Å². The van der Waals surface area contributed by atoms with Gasteiger partial charge in [0, 0.05) is 0 Å². The Morgan fingerprint density at radius 1 is 0.958 bits per heavy atom. The molecule has 0 heterocycles. The summed E-state index contributed by atoms with van der Waals surface area (Å²) in [6.07, 6.45) is 1.73. The summed E-state index contributed by atoms with van der Waals surface area (Å²) in [6.45, 7) is 3.74. The van der Waals surface area contributed by atoms with Gasteiger partial charge in [0.05, 0.1) is 32.6 Å². The van der Waals surface area contributed by atoms with Crippen molar-refractivity contribution in [1.82, 2.24) is 5.32 Å². The molecular weight excluding hydrogens is 296 g/mol. The summed E-state index contributed by atoms with van der Waals surface area (Å²) in [7, 11) is 4.19. The van der Waals surface area contributed by atoms with Crippen molar-refractivity contribution >= 4 is 5.91 Å². The van der Waals surface area contributed by atoms with Crippen LogP contribution in [0.3, 0.4) is 0 Å². The summed E-state index contributed by atoms with van der Waals surface area (Å²) in [5.41, 5.74) is 1.50. The smallest absolute Gasteiger partial charge is 0.235 e. The van der Waals surface area contributed by atoms with Crippen LogP contribution in [0, 0.1) is 0 Å². The second-order valence-corrected chi connectivity index (χ2v) is 6.60. The first-order valence-corrected chi connectivity index (χ1v) is 8.79. The van der Waals surface area contributed by atoms with Crippen LogP contribution in [-0.2, 0) is 10.2 Å². The van der Waals surface area contributed by atoms with E-state index in [1.807, 2.05) is 36.4 Å². The van der Waals surface area contributed by atoms with Crippen molar-refractivity contribution in [3.8, 4) is 0 Å². The lowest BCUT2D eigenvalue weighted by molar-refractivity contribution is -0.856. The zero-order chi connectivity index (χ0) is 17.4. The van der Waals surface area contributed by atoms with Gasteiger partial charge in [-0.25, -0.2) is 0 Å². The standard InChI is InChI=1S/C21H28N2O/c1-4-15-21(18-11-7-5-8-12-18,19-13-9-6-10-14-19)20(24)22-16-17-23(2)3/h5-14H,4,15-17H2,1-3H3,(H,22,24)/p+1. The molecule has 0 aliphatic heterocycles. The predicted molar refractivity (Wildman–Crippen MR) is 99.3 cm³/mol. The Labute approximate surface area is 145 Å². The summed E-state index contributed by atoms with van der Waals surface area (Å²) in [5, 5.41) is 3.18. The van der Waals surface area contributed by atoms with Gasteiger partial charge in [-0.15, -0.1) is 0 Å². The third-order valence-corrected chi connectivity index (χ3v) is 4.46. The fraction of sp³-hybridized carbons (Fsp3) is 0.381. The number of hydrogen-bond donors (Lipinski definition) is 2. The van der Waals surface area contributed by atoms with Gasteiger partial charge in [0.1, 0.15) is 0 Å².